The molecule has 0 saturated heterocycles. The number of nitrogens with zero attached hydrogens (tertiary/aromatic N) is 1. The van der Waals surface area contributed by atoms with Gasteiger partial charge in [0.2, 0.25) is 0 Å². The number of nitrogens with one attached hydrogen (secondary N) is 1. The van der Waals surface area contributed by atoms with Gasteiger partial charge < -0.3 is 0 Å². The van der Waals surface area contributed by atoms with Gasteiger partial charge in [0.25, 0.3) is 5.82 Å². The molecule has 0 fully saturated rings. The molecule has 2 heteroatoms. The van der Waals surface area contributed by atoms with Crippen LogP contribution in [0, 0.1) is 0 Å². The summed E-state index contributed by atoms with van der Waals surface area (Å²) in [5.74, 6) is 2.24. The van der Waals surface area contributed by atoms with Crippen LogP contribution in [0.25, 0.3) is 0 Å². The highest BCUT2D eigenvalue weighted by Gasteiger charge is 2.25. The van der Waals surface area contributed by atoms with Crippen molar-refractivity contribution in [2.45, 2.75) is 213 Å². The third-order valence-corrected chi connectivity index (χ3v) is 8.89. The first-order chi connectivity index (χ1) is 18.7. The number of aromatic nitrogens is 2. The van der Waals surface area contributed by atoms with Gasteiger partial charge in [-0.2, -0.15) is 0 Å². The lowest BCUT2D eigenvalue weighted by atomic mass is 9.93. The molecule has 0 bridgehead atoms. The molecule has 2 nitrogen and oxygen atoms in total. The molecule has 0 aliphatic carbocycles. The summed E-state index contributed by atoms with van der Waals surface area (Å²) in [6.45, 7) is 9.40. The predicted molar refractivity (Wildman–Crippen MR) is 170 cm³/mol. The van der Waals surface area contributed by atoms with Gasteiger partial charge in [-0.3, -0.25) is 0 Å². The highest BCUT2D eigenvalue weighted by Crippen LogP contribution is 2.27. The predicted octanol–water partition coefficient (Wildman–Crippen LogP) is 12.5. The number of hydrogen-bond donors (Lipinski definition) is 1. The summed E-state index contributed by atoms with van der Waals surface area (Å²) >= 11 is 0. The molecule has 224 valence electrons. The Morgan fingerprint density at radius 2 is 0.842 bits per heavy atom. The Labute approximate surface area is 240 Å². The van der Waals surface area contributed by atoms with E-state index in [1.807, 2.05) is 0 Å². The van der Waals surface area contributed by atoms with Crippen molar-refractivity contribution >= 4 is 0 Å². The molecular formula is C36H71N2+. The number of H-pyrrole nitrogens is 1. The molecule has 0 spiro atoms. The fourth-order valence-corrected chi connectivity index (χ4v) is 6.25. The summed E-state index contributed by atoms with van der Waals surface area (Å²) in [4.78, 5) is 3.72. The van der Waals surface area contributed by atoms with Crippen LogP contribution in [0.3, 0.4) is 0 Å². The Morgan fingerprint density at radius 1 is 0.500 bits per heavy atom. The molecule has 1 aromatic rings. The zero-order chi connectivity index (χ0) is 27.5. The Hall–Kier alpha value is -0.790. The largest absolute Gasteiger partial charge is 0.257 e. The van der Waals surface area contributed by atoms with Gasteiger partial charge in [0.15, 0.2) is 0 Å². The lowest BCUT2D eigenvalue weighted by molar-refractivity contribution is -0.727. The summed E-state index contributed by atoms with van der Waals surface area (Å²) in [7, 11) is 0. The van der Waals surface area contributed by atoms with Crippen LogP contribution in [0.5, 0.6) is 0 Å². The van der Waals surface area contributed by atoms with Gasteiger partial charge in [-0.15, -0.1) is 0 Å². The van der Waals surface area contributed by atoms with Gasteiger partial charge in [0.1, 0.15) is 12.4 Å². The minimum Gasteiger partial charge on any atom is -0.247 e. The molecule has 1 N–H and O–H groups in total. The highest BCUT2D eigenvalue weighted by atomic mass is 15.1. The molecule has 0 radical (unpaired) electrons. The summed E-state index contributed by atoms with van der Waals surface area (Å²) in [5.41, 5.74) is 0. The van der Waals surface area contributed by atoms with Crippen LogP contribution in [-0.2, 0) is 0 Å². The van der Waals surface area contributed by atoms with Crippen LogP contribution in [0.2, 0.25) is 0 Å². The third-order valence-electron chi connectivity index (χ3n) is 8.89. The topological polar surface area (TPSA) is 19.7 Å². The van der Waals surface area contributed by atoms with Crippen LogP contribution in [0.1, 0.15) is 219 Å². The number of unbranched alkanes of at least 4 members (excludes halogenated alkanes) is 21. The Morgan fingerprint density at radius 3 is 1.24 bits per heavy atom. The van der Waals surface area contributed by atoms with Crippen LogP contribution in [0.15, 0.2) is 12.4 Å². The van der Waals surface area contributed by atoms with Crippen molar-refractivity contribution in [3.63, 3.8) is 0 Å². The zero-order valence-electron chi connectivity index (χ0n) is 26.8. The van der Waals surface area contributed by atoms with Crippen LogP contribution in [0.4, 0.5) is 0 Å². The van der Waals surface area contributed by atoms with Crippen molar-refractivity contribution in [3.05, 3.63) is 18.2 Å². The molecule has 2 atom stereocenters. The first kappa shape index (κ1) is 35.2. The lowest BCUT2D eigenvalue weighted by Crippen LogP contribution is -2.41. The van der Waals surface area contributed by atoms with E-state index in [1.165, 1.54) is 179 Å². The number of imidazole rings is 1. The Balaban J connectivity index is 2.41. The first-order valence-electron chi connectivity index (χ1n) is 17.8. The molecule has 0 amide bonds. The molecule has 38 heavy (non-hydrogen) atoms. The summed E-state index contributed by atoms with van der Waals surface area (Å²) in [6.07, 6.45) is 42.7. The standard InChI is InChI=1S/C36H70N2/c1-5-8-11-14-16-18-20-21-24-26-29-34(4)38-33-32-37-36(38)35(30-27-23-13-10-7-3)31-28-25-22-19-17-15-12-9-6-2/h32-35H,5-31H2,1-4H3/p+1. The quantitative estimate of drug-likeness (QED) is 0.0783. The van der Waals surface area contributed by atoms with Crippen molar-refractivity contribution in [2.24, 2.45) is 0 Å². The third kappa shape index (κ3) is 18.5. The fraction of sp³-hybridized carbons (Fsp3) is 0.917. The second kappa shape index (κ2) is 26.4. The summed E-state index contributed by atoms with van der Waals surface area (Å²) in [6, 6.07) is 0.621. The van der Waals surface area contributed by atoms with Crippen LogP contribution >= 0.6 is 0 Å². The lowest BCUT2D eigenvalue weighted by Gasteiger charge is -2.17. The van der Waals surface area contributed by atoms with E-state index in [1.54, 1.807) is 0 Å². The normalized spacial score (nSPS) is 13.3. The molecule has 0 saturated carbocycles. The average molecular weight is 532 g/mol. The van der Waals surface area contributed by atoms with Gasteiger partial charge in [-0.05, 0) is 32.6 Å². The fourth-order valence-electron chi connectivity index (χ4n) is 6.25. The van der Waals surface area contributed by atoms with Gasteiger partial charge >= 0.3 is 0 Å². The molecule has 0 aliphatic rings. The van der Waals surface area contributed by atoms with E-state index in [4.69, 9.17) is 0 Å². The number of rotatable bonds is 29. The molecule has 1 aromatic heterocycles. The molecule has 0 aromatic carbocycles. The molecule has 2 unspecified atom stereocenters. The molecule has 1 rings (SSSR count). The van der Waals surface area contributed by atoms with Crippen molar-refractivity contribution in [1.29, 1.82) is 0 Å². The minimum atomic E-state index is 0.621. The van der Waals surface area contributed by atoms with Crippen molar-refractivity contribution in [1.82, 2.24) is 4.98 Å². The van der Waals surface area contributed by atoms with E-state index in [9.17, 15) is 0 Å². The van der Waals surface area contributed by atoms with Crippen LogP contribution in [-0.4, -0.2) is 4.98 Å². The van der Waals surface area contributed by atoms with Gasteiger partial charge in [0.05, 0.1) is 12.0 Å². The number of hydrogen-bond acceptors (Lipinski definition) is 0. The molecule has 0 aliphatic heterocycles. The van der Waals surface area contributed by atoms with Crippen molar-refractivity contribution < 1.29 is 4.57 Å². The van der Waals surface area contributed by atoms with Gasteiger partial charge in [-0.1, -0.05) is 168 Å². The van der Waals surface area contributed by atoms with Gasteiger partial charge in [0, 0.05) is 0 Å². The second-order valence-electron chi connectivity index (χ2n) is 12.6. The maximum atomic E-state index is 3.72. The zero-order valence-corrected chi connectivity index (χ0v) is 26.8. The monoisotopic (exact) mass is 532 g/mol. The number of aromatic amines is 1. The Kier molecular flexibility index (Phi) is 24.5. The summed E-state index contributed by atoms with van der Waals surface area (Å²) < 4.78 is 2.62. The van der Waals surface area contributed by atoms with E-state index >= 15 is 0 Å². The second-order valence-corrected chi connectivity index (χ2v) is 12.6. The SMILES string of the molecule is CCCCCCCCCCCCC(C)[n+]1cc[nH]c1C(CCCCCCC)CCCCCCCCCCC. The average Bonchev–Trinajstić information content (AvgIpc) is 3.42. The minimum absolute atomic E-state index is 0.621. The van der Waals surface area contributed by atoms with Crippen molar-refractivity contribution in [3.8, 4) is 0 Å². The van der Waals surface area contributed by atoms with E-state index in [0.29, 0.717) is 12.0 Å². The molecule has 1 heterocycles. The van der Waals surface area contributed by atoms with E-state index in [-0.39, 0.29) is 0 Å². The van der Waals surface area contributed by atoms with E-state index < -0.39 is 0 Å². The summed E-state index contributed by atoms with van der Waals surface area (Å²) in [5, 5.41) is 0. The highest BCUT2D eigenvalue weighted by molar-refractivity contribution is 4.90. The van der Waals surface area contributed by atoms with Crippen LogP contribution < -0.4 is 4.57 Å². The maximum absolute atomic E-state index is 3.72. The van der Waals surface area contributed by atoms with E-state index in [2.05, 4.69) is 49.6 Å². The molecular weight excluding hydrogens is 460 g/mol. The Bertz CT molecular complexity index is 592. The first-order valence-corrected chi connectivity index (χ1v) is 17.8. The van der Waals surface area contributed by atoms with Crippen molar-refractivity contribution in [2.75, 3.05) is 0 Å². The smallest absolute Gasteiger partial charge is 0.247 e. The maximum Gasteiger partial charge on any atom is 0.257 e. The van der Waals surface area contributed by atoms with Gasteiger partial charge in [-0.25, -0.2) is 9.55 Å². The van der Waals surface area contributed by atoms with E-state index in [0.717, 1.165) is 0 Å².